The minimum Gasteiger partial charge on any atom is -0.477 e. The number of rotatable bonds is 3. The van der Waals surface area contributed by atoms with Gasteiger partial charge in [0.15, 0.2) is 0 Å². The van der Waals surface area contributed by atoms with Gasteiger partial charge in [-0.2, -0.15) is 0 Å². The Balaban J connectivity index is 2.43. The molecule has 0 aromatic carbocycles. The van der Waals surface area contributed by atoms with Gasteiger partial charge in [0.05, 0.1) is 17.2 Å². The summed E-state index contributed by atoms with van der Waals surface area (Å²) < 4.78 is 6.54. The van der Waals surface area contributed by atoms with E-state index in [0.29, 0.717) is 17.1 Å². The summed E-state index contributed by atoms with van der Waals surface area (Å²) in [6.45, 7) is 2.64. The second-order valence-corrected chi connectivity index (χ2v) is 4.36. The van der Waals surface area contributed by atoms with Crippen molar-refractivity contribution in [3.05, 3.63) is 17.3 Å². The zero-order valence-electron chi connectivity index (χ0n) is 8.73. The van der Waals surface area contributed by atoms with Gasteiger partial charge >= 0.3 is 11.9 Å². The first-order valence-corrected chi connectivity index (χ1v) is 5.90. The highest BCUT2D eigenvalue weighted by Gasteiger charge is 2.27. The Morgan fingerprint density at radius 1 is 1.62 bits per heavy atom. The third kappa shape index (κ3) is 1.69. The summed E-state index contributed by atoms with van der Waals surface area (Å²) in [7, 11) is 0. The number of carbonyl (C=O) groups is 2. The molecule has 1 aliphatic rings. The molecule has 0 spiro atoms. The van der Waals surface area contributed by atoms with E-state index < -0.39 is 11.9 Å². The van der Waals surface area contributed by atoms with E-state index >= 15 is 0 Å². The fourth-order valence-corrected chi connectivity index (χ4v) is 2.79. The van der Waals surface area contributed by atoms with Crippen LogP contribution in [-0.2, 0) is 11.3 Å². The first-order chi connectivity index (χ1) is 7.65. The van der Waals surface area contributed by atoms with Crippen LogP contribution in [0.1, 0.15) is 27.8 Å². The number of aromatic carboxylic acids is 1. The highest BCUT2D eigenvalue weighted by molar-refractivity contribution is 7.99. The number of hydrogen-bond donors (Lipinski definition) is 1. The number of fused-ring (bicyclic) bond motifs is 1. The molecule has 1 aliphatic heterocycles. The molecule has 0 unspecified atom stereocenters. The monoisotopic (exact) mass is 241 g/mol. The number of esters is 1. The fourth-order valence-electron chi connectivity index (χ4n) is 1.67. The van der Waals surface area contributed by atoms with Crippen molar-refractivity contribution in [3.63, 3.8) is 0 Å². The highest BCUT2D eigenvalue weighted by Crippen LogP contribution is 2.33. The van der Waals surface area contributed by atoms with Gasteiger partial charge in [-0.1, -0.05) is 0 Å². The summed E-state index contributed by atoms with van der Waals surface area (Å²) in [6, 6.07) is 1.39. The molecule has 1 aromatic rings. The number of thioether (sulfide) groups is 1. The lowest BCUT2D eigenvalue weighted by molar-refractivity contribution is 0.0521. The first kappa shape index (κ1) is 11.1. The normalized spacial score (nSPS) is 13.6. The largest absolute Gasteiger partial charge is 0.477 e. The van der Waals surface area contributed by atoms with E-state index in [4.69, 9.17) is 9.84 Å². The van der Waals surface area contributed by atoms with E-state index in [0.717, 1.165) is 5.75 Å². The maximum Gasteiger partial charge on any atom is 0.352 e. The second-order valence-electron chi connectivity index (χ2n) is 3.27. The van der Waals surface area contributed by atoms with Gasteiger partial charge in [-0.3, -0.25) is 0 Å². The maximum absolute atomic E-state index is 11.6. The van der Waals surface area contributed by atoms with Crippen LogP contribution in [0.2, 0.25) is 0 Å². The van der Waals surface area contributed by atoms with Crippen LogP contribution in [0.5, 0.6) is 0 Å². The van der Waals surface area contributed by atoms with Crippen molar-refractivity contribution in [1.29, 1.82) is 0 Å². The molecule has 6 heteroatoms. The summed E-state index contributed by atoms with van der Waals surface area (Å²) in [6.07, 6.45) is 0. The lowest BCUT2D eigenvalue weighted by Crippen LogP contribution is -2.06. The molecule has 86 valence electrons. The summed E-state index contributed by atoms with van der Waals surface area (Å²) >= 11 is 1.49. The predicted octanol–water partition coefficient (Wildman–Crippen LogP) is 1.47. The van der Waals surface area contributed by atoms with Crippen LogP contribution in [0.25, 0.3) is 0 Å². The predicted molar refractivity (Wildman–Crippen MR) is 58.1 cm³/mol. The van der Waals surface area contributed by atoms with Crippen molar-refractivity contribution in [1.82, 2.24) is 4.57 Å². The number of carboxylic acids is 1. The number of carbonyl (C=O) groups excluding carboxylic acids is 1. The van der Waals surface area contributed by atoms with Crippen molar-refractivity contribution < 1.29 is 19.4 Å². The smallest absolute Gasteiger partial charge is 0.352 e. The summed E-state index contributed by atoms with van der Waals surface area (Å²) in [4.78, 5) is 22.6. The van der Waals surface area contributed by atoms with E-state index in [1.165, 1.54) is 17.8 Å². The van der Waals surface area contributed by atoms with Crippen molar-refractivity contribution in [2.24, 2.45) is 0 Å². The molecule has 2 rings (SSSR count). The number of carboxylic acid groups (broad SMARTS) is 1. The molecule has 0 saturated carbocycles. The minimum absolute atomic E-state index is 0.156. The molecule has 0 bridgehead atoms. The van der Waals surface area contributed by atoms with Gasteiger partial charge in [0, 0.05) is 12.3 Å². The third-order valence-electron chi connectivity index (χ3n) is 2.32. The molecule has 0 amide bonds. The van der Waals surface area contributed by atoms with Crippen molar-refractivity contribution in [3.8, 4) is 0 Å². The number of nitrogens with zero attached hydrogens (tertiary/aromatic N) is 1. The molecular formula is C10H11NO4S. The number of ether oxygens (including phenoxy) is 1. The minimum atomic E-state index is -1.01. The van der Waals surface area contributed by atoms with E-state index in [9.17, 15) is 9.59 Å². The van der Waals surface area contributed by atoms with Crippen LogP contribution < -0.4 is 0 Å². The highest BCUT2D eigenvalue weighted by atomic mass is 32.2. The zero-order valence-corrected chi connectivity index (χ0v) is 9.54. The fraction of sp³-hybridized carbons (Fsp3) is 0.400. The lowest BCUT2D eigenvalue weighted by atomic mass is 10.3. The van der Waals surface area contributed by atoms with E-state index in [1.807, 2.05) is 0 Å². The Morgan fingerprint density at radius 3 is 3.00 bits per heavy atom. The number of aromatic nitrogens is 1. The van der Waals surface area contributed by atoms with Crippen LogP contribution in [0.3, 0.4) is 0 Å². The van der Waals surface area contributed by atoms with Gasteiger partial charge in [0.1, 0.15) is 5.69 Å². The summed E-state index contributed by atoms with van der Waals surface area (Å²) in [5, 5.41) is 9.70. The molecule has 0 saturated heterocycles. The van der Waals surface area contributed by atoms with Crippen molar-refractivity contribution >= 4 is 23.7 Å². The SMILES string of the molecule is CCOC(=O)c1cc(C(=O)O)n2c1SCC2. The van der Waals surface area contributed by atoms with Gasteiger partial charge in [-0.25, -0.2) is 9.59 Å². The van der Waals surface area contributed by atoms with Gasteiger partial charge < -0.3 is 14.4 Å². The molecule has 5 nitrogen and oxygen atoms in total. The van der Waals surface area contributed by atoms with Gasteiger partial charge in [-0.15, -0.1) is 11.8 Å². The van der Waals surface area contributed by atoms with Gasteiger partial charge in [0.2, 0.25) is 0 Å². The molecule has 1 aromatic heterocycles. The second kappa shape index (κ2) is 4.21. The topological polar surface area (TPSA) is 68.5 Å². The van der Waals surface area contributed by atoms with E-state index in [2.05, 4.69) is 0 Å². The zero-order chi connectivity index (χ0) is 11.7. The lowest BCUT2D eigenvalue weighted by Gasteiger charge is -2.00. The Kier molecular flexibility index (Phi) is 2.91. The summed E-state index contributed by atoms with van der Waals surface area (Å²) in [5.41, 5.74) is 0.518. The number of hydrogen-bond acceptors (Lipinski definition) is 4. The van der Waals surface area contributed by atoms with Crippen LogP contribution in [0.15, 0.2) is 11.1 Å². The molecule has 0 atom stereocenters. The average molecular weight is 241 g/mol. The first-order valence-electron chi connectivity index (χ1n) is 4.92. The maximum atomic E-state index is 11.6. The Labute approximate surface area is 96.4 Å². The Morgan fingerprint density at radius 2 is 2.38 bits per heavy atom. The van der Waals surface area contributed by atoms with Crippen LogP contribution >= 0.6 is 11.8 Å². The van der Waals surface area contributed by atoms with Crippen LogP contribution in [0, 0.1) is 0 Å². The van der Waals surface area contributed by atoms with Crippen molar-refractivity contribution in [2.75, 3.05) is 12.4 Å². The quantitative estimate of drug-likeness (QED) is 0.811. The molecule has 0 aliphatic carbocycles. The third-order valence-corrected chi connectivity index (χ3v) is 3.42. The Hall–Kier alpha value is -1.43. The van der Waals surface area contributed by atoms with E-state index in [-0.39, 0.29) is 12.3 Å². The standard InChI is InChI=1S/C10H11NO4S/c1-2-15-10(14)6-5-7(9(12)13)11-3-4-16-8(6)11/h5H,2-4H2,1H3,(H,12,13). The van der Waals surface area contributed by atoms with Crippen LogP contribution in [0.4, 0.5) is 0 Å². The van der Waals surface area contributed by atoms with Gasteiger partial charge in [-0.05, 0) is 13.0 Å². The van der Waals surface area contributed by atoms with Crippen LogP contribution in [-0.4, -0.2) is 34.0 Å². The molecular weight excluding hydrogens is 230 g/mol. The molecule has 1 N–H and O–H groups in total. The van der Waals surface area contributed by atoms with Gasteiger partial charge in [0.25, 0.3) is 0 Å². The molecule has 16 heavy (non-hydrogen) atoms. The van der Waals surface area contributed by atoms with E-state index in [1.54, 1.807) is 11.5 Å². The van der Waals surface area contributed by atoms with Crippen molar-refractivity contribution in [2.45, 2.75) is 18.5 Å². The Bertz CT molecular complexity index is 452. The molecule has 0 radical (unpaired) electrons. The summed E-state index contributed by atoms with van der Waals surface area (Å²) in [5.74, 6) is -0.671. The molecule has 0 fully saturated rings. The molecule has 2 heterocycles. The average Bonchev–Trinajstić information content (AvgIpc) is 2.76.